The van der Waals surface area contributed by atoms with Crippen molar-refractivity contribution < 1.29 is 13.3 Å². The van der Waals surface area contributed by atoms with Gasteiger partial charge >= 0.3 is 0 Å². The molecule has 140 valence electrons. The van der Waals surface area contributed by atoms with E-state index in [1.54, 1.807) is 48.7 Å². The Morgan fingerprint density at radius 1 is 1.11 bits per heavy atom. The lowest BCUT2D eigenvalue weighted by atomic mass is 10.1. The lowest BCUT2D eigenvalue weighted by Crippen LogP contribution is -2.23. The molecular weight excluding hydrogens is 368 g/mol. The Bertz CT molecular complexity index is 1110. The lowest BCUT2D eigenvalue weighted by Gasteiger charge is -2.16. The van der Waals surface area contributed by atoms with Crippen LogP contribution in [0.4, 0.5) is 11.4 Å². The van der Waals surface area contributed by atoms with E-state index >= 15 is 0 Å². The van der Waals surface area contributed by atoms with Crippen LogP contribution in [-0.2, 0) is 16.6 Å². The van der Waals surface area contributed by atoms with Crippen LogP contribution in [0.1, 0.15) is 5.56 Å². The summed E-state index contributed by atoms with van der Waals surface area (Å²) in [4.78, 5) is 15.2. The molecule has 1 heterocycles. The molecule has 0 aliphatic heterocycles. The van der Waals surface area contributed by atoms with Crippen LogP contribution in [-0.4, -0.2) is 36.7 Å². The number of aromatic nitrogens is 1. The first-order chi connectivity index (χ1) is 12.8. The highest BCUT2D eigenvalue weighted by atomic mass is 32.2. The highest BCUT2D eigenvalue weighted by Gasteiger charge is 2.21. The molecular formula is C18H18N4O4S. The van der Waals surface area contributed by atoms with Crippen molar-refractivity contribution in [3.8, 4) is 0 Å². The van der Waals surface area contributed by atoms with E-state index < -0.39 is 14.9 Å². The summed E-state index contributed by atoms with van der Waals surface area (Å²) in [6.07, 6.45) is 1.56. The summed E-state index contributed by atoms with van der Waals surface area (Å²) >= 11 is 0. The van der Waals surface area contributed by atoms with Gasteiger partial charge in [0, 0.05) is 32.9 Å². The molecule has 0 amide bonds. The van der Waals surface area contributed by atoms with E-state index in [9.17, 15) is 18.5 Å². The molecule has 27 heavy (non-hydrogen) atoms. The molecule has 0 aliphatic rings. The molecule has 0 atom stereocenters. The largest absolute Gasteiger partial charge is 0.379 e. The Kier molecular flexibility index (Phi) is 5.06. The maximum absolute atomic E-state index is 12.5. The van der Waals surface area contributed by atoms with Crippen molar-refractivity contribution in [3.05, 3.63) is 70.4 Å². The maximum Gasteiger partial charge on any atom is 0.278 e. The van der Waals surface area contributed by atoms with Crippen molar-refractivity contribution >= 4 is 32.3 Å². The number of rotatable bonds is 6. The maximum atomic E-state index is 12.5. The molecule has 8 nitrogen and oxygen atoms in total. The second-order valence-corrected chi connectivity index (χ2v) is 8.16. The first-order valence-electron chi connectivity index (χ1n) is 8.09. The predicted molar refractivity (Wildman–Crippen MR) is 103 cm³/mol. The van der Waals surface area contributed by atoms with Gasteiger partial charge in [0.1, 0.15) is 5.52 Å². The fourth-order valence-corrected chi connectivity index (χ4v) is 3.86. The quantitative estimate of drug-likeness (QED) is 0.516. The van der Waals surface area contributed by atoms with Crippen LogP contribution in [0.15, 0.2) is 59.6 Å². The number of fused-ring (bicyclic) bond motifs is 1. The number of nitrogens with zero attached hydrogens (tertiary/aromatic N) is 3. The monoisotopic (exact) mass is 386 g/mol. The summed E-state index contributed by atoms with van der Waals surface area (Å²) in [5.74, 6) is 0. The lowest BCUT2D eigenvalue weighted by molar-refractivity contribution is -0.383. The molecule has 1 N–H and O–H groups in total. The molecule has 0 saturated carbocycles. The third-order valence-corrected chi connectivity index (χ3v) is 6.06. The van der Waals surface area contributed by atoms with Gasteiger partial charge in [-0.1, -0.05) is 18.2 Å². The molecule has 0 unspecified atom stereocenters. The van der Waals surface area contributed by atoms with Crippen molar-refractivity contribution in [2.45, 2.75) is 11.4 Å². The second kappa shape index (κ2) is 7.29. The molecule has 0 bridgehead atoms. The van der Waals surface area contributed by atoms with Crippen molar-refractivity contribution in [3.63, 3.8) is 0 Å². The summed E-state index contributed by atoms with van der Waals surface area (Å²) < 4.78 is 26.2. The third-order valence-electron chi connectivity index (χ3n) is 4.14. The van der Waals surface area contributed by atoms with Crippen molar-refractivity contribution in [2.24, 2.45) is 0 Å². The molecule has 0 spiro atoms. The first kappa shape index (κ1) is 18.7. The van der Waals surface area contributed by atoms with E-state index in [2.05, 4.69) is 10.3 Å². The predicted octanol–water partition coefficient (Wildman–Crippen LogP) is 3.01. The fourth-order valence-electron chi connectivity index (χ4n) is 2.75. The summed E-state index contributed by atoms with van der Waals surface area (Å²) in [5, 5.41) is 14.8. The normalized spacial score (nSPS) is 11.7. The van der Waals surface area contributed by atoms with Gasteiger partial charge in [-0.15, -0.1) is 0 Å². The van der Waals surface area contributed by atoms with Crippen LogP contribution in [0, 0.1) is 10.1 Å². The topological polar surface area (TPSA) is 105 Å². The number of non-ortho nitro benzene ring substituents is 1. The number of pyridine rings is 1. The van der Waals surface area contributed by atoms with Crippen LogP contribution in [0.2, 0.25) is 0 Å². The van der Waals surface area contributed by atoms with Gasteiger partial charge in [-0.2, -0.15) is 0 Å². The Morgan fingerprint density at radius 3 is 2.56 bits per heavy atom. The van der Waals surface area contributed by atoms with Crippen LogP contribution < -0.4 is 5.32 Å². The van der Waals surface area contributed by atoms with Crippen LogP contribution in [0.5, 0.6) is 0 Å². The minimum atomic E-state index is -3.58. The fraction of sp³-hybridized carbons (Fsp3) is 0.167. The minimum absolute atomic E-state index is 0.0285. The average molecular weight is 386 g/mol. The third kappa shape index (κ3) is 3.60. The van der Waals surface area contributed by atoms with E-state index in [4.69, 9.17) is 0 Å². The molecule has 0 fully saturated rings. The number of hydrogen-bond donors (Lipinski definition) is 1. The smallest absolute Gasteiger partial charge is 0.278 e. The van der Waals surface area contributed by atoms with E-state index in [0.29, 0.717) is 22.2 Å². The van der Waals surface area contributed by atoms with Crippen molar-refractivity contribution in [2.75, 3.05) is 19.4 Å². The zero-order valence-corrected chi connectivity index (χ0v) is 15.6. The summed E-state index contributed by atoms with van der Waals surface area (Å²) in [7, 11) is -0.625. The highest BCUT2D eigenvalue weighted by Crippen LogP contribution is 2.30. The van der Waals surface area contributed by atoms with Gasteiger partial charge in [0.2, 0.25) is 10.0 Å². The Morgan fingerprint density at radius 2 is 1.85 bits per heavy atom. The number of nitro groups is 1. The van der Waals surface area contributed by atoms with E-state index in [1.807, 2.05) is 0 Å². The van der Waals surface area contributed by atoms with E-state index in [0.717, 1.165) is 4.31 Å². The number of benzene rings is 2. The van der Waals surface area contributed by atoms with Gasteiger partial charge < -0.3 is 5.32 Å². The molecule has 0 aliphatic carbocycles. The molecule has 3 aromatic rings. The second-order valence-electron chi connectivity index (χ2n) is 6.04. The Hall–Kier alpha value is -3.04. The van der Waals surface area contributed by atoms with E-state index in [1.165, 1.54) is 20.2 Å². The van der Waals surface area contributed by atoms with Gasteiger partial charge in [0.05, 0.1) is 20.9 Å². The highest BCUT2D eigenvalue weighted by molar-refractivity contribution is 7.89. The SMILES string of the molecule is CN(C)S(=O)(=O)c1ccccc1CNc1ccc([N+](=O)[O-])c2cccnc12. The van der Waals surface area contributed by atoms with Gasteiger partial charge in [0.25, 0.3) is 5.69 Å². The molecule has 0 saturated heterocycles. The minimum Gasteiger partial charge on any atom is -0.379 e. The zero-order valence-electron chi connectivity index (χ0n) is 14.8. The van der Waals surface area contributed by atoms with Crippen molar-refractivity contribution in [1.29, 1.82) is 0 Å². The molecule has 0 radical (unpaired) electrons. The first-order valence-corrected chi connectivity index (χ1v) is 9.53. The van der Waals surface area contributed by atoms with Crippen LogP contribution >= 0.6 is 0 Å². The van der Waals surface area contributed by atoms with Crippen molar-refractivity contribution in [1.82, 2.24) is 9.29 Å². The standard InChI is InChI=1S/C18H18N4O4S/c1-21(2)27(25,26)17-8-4-3-6-13(17)12-20-15-9-10-16(22(23)24)14-7-5-11-19-18(14)15/h3-11,20H,12H2,1-2H3. The average Bonchev–Trinajstić information content (AvgIpc) is 2.65. The number of hydrogen-bond acceptors (Lipinski definition) is 6. The molecule has 1 aromatic heterocycles. The zero-order chi connectivity index (χ0) is 19.6. The van der Waals surface area contributed by atoms with Gasteiger partial charge in [-0.25, -0.2) is 12.7 Å². The van der Waals surface area contributed by atoms with Crippen LogP contribution in [0.3, 0.4) is 0 Å². The Balaban J connectivity index is 1.98. The summed E-state index contributed by atoms with van der Waals surface area (Å²) in [6, 6.07) is 13.0. The molecule has 9 heteroatoms. The number of sulfonamides is 1. The summed E-state index contributed by atoms with van der Waals surface area (Å²) in [6.45, 7) is 0.229. The van der Waals surface area contributed by atoms with E-state index in [-0.39, 0.29) is 17.1 Å². The van der Waals surface area contributed by atoms with Gasteiger partial charge in [-0.3, -0.25) is 15.1 Å². The van der Waals surface area contributed by atoms with Crippen LogP contribution in [0.25, 0.3) is 10.9 Å². The number of anilines is 1. The number of nitro benzene ring substituents is 1. The molecule has 2 aromatic carbocycles. The summed E-state index contributed by atoms with van der Waals surface area (Å²) in [5.41, 5.74) is 1.61. The Labute approximate surface area is 156 Å². The molecule has 3 rings (SSSR count). The number of nitrogens with one attached hydrogen (secondary N) is 1. The van der Waals surface area contributed by atoms with Gasteiger partial charge in [-0.05, 0) is 29.8 Å². The van der Waals surface area contributed by atoms with Gasteiger partial charge in [0.15, 0.2) is 0 Å².